The highest BCUT2D eigenvalue weighted by atomic mass is 35.5. The molecular weight excluding hydrogens is 308 g/mol. The van der Waals surface area contributed by atoms with Crippen molar-refractivity contribution < 1.29 is 0 Å². The van der Waals surface area contributed by atoms with Crippen LogP contribution in [0.1, 0.15) is 25.3 Å². The Hall–Kier alpha value is -1.26. The Bertz CT molecular complexity index is 504. The van der Waals surface area contributed by atoms with Crippen LogP contribution in [0.25, 0.3) is 0 Å². The van der Waals surface area contributed by atoms with E-state index in [1.165, 1.54) is 38.0 Å². The number of nitrogens with zero attached hydrogens (tertiary/aromatic N) is 2. The van der Waals surface area contributed by atoms with Gasteiger partial charge in [0.15, 0.2) is 5.96 Å². The molecule has 5 heteroatoms. The molecule has 4 nitrogen and oxygen atoms in total. The van der Waals surface area contributed by atoms with Crippen molar-refractivity contribution in [2.75, 3.05) is 39.8 Å². The predicted molar refractivity (Wildman–Crippen MR) is 99.4 cm³/mol. The minimum atomic E-state index is 0.730. The molecule has 1 fully saturated rings. The number of benzene rings is 1. The summed E-state index contributed by atoms with van der Waals surface area (Å²) in [7, 11) is 1.83. The van der Waals surface area contributed by atoms with Gasteiger partial charge in [-0.15, -0.1) is 0 Å². The molecule has 1 aliphatic heterocycles. The minimum absolute atomic E-state index is 0.730. The summed E-state index contributed by atoms with van der Waals surface area (Å²) in [5.74, 6) is 1.62. The number of guanidine groups is 1. The molecule has 2 rings (SSSR count). The summed E-state index contributed by atoms with van der Waals surface area (Å²) in [5.41, 5.74) is 1.24. The molecule has 1 aromatic rings. The zero-order chi connectivity index (χ0) is 16.5. The summed E-state index contributed by atoms with van der Waals surface area (Å²) in [5, 5.41) is 7.63. The fourth-order valence-electron chi connectivity index (χ4n) is 3.08. The van der Waals surface area contributed by atoms with Crippen molar-refractivity contribution in [3.05, 3.63) is 34.9 Å². The van der Waals surface area contributed by atoms with E-state index >= 15 is 0 Å². The second kappa shape index (κ2) is 9.78. The van der Waals surface area contributed by atoms with Crippen LogP contribution >= 0.6 is 11.6 Å². The number of aliphatic imine (C=N–C) groups is 1. The lowest BCUT2D eigenvalue weighted by molar-refractivity contribution is 0.324. The van der Waals surface area contributed by atoms with E-state index in [9.17, 15) is 0 Å². The highest BCUT2D eigenvalue weighted by Crippen LogP contribution is 2.15. The molecule has 0 aliphatic carbocycles. The predicted octanol–water partition coefficient (Wildman–Crippen LogP) is 2.78. The van der Waals surface area contributed by atoms with Crippen LogP contribution in [0.2, 0.25) is 5.02 Å². The summed E-state index contributed by atoms with van der Waals surface area (Å²) < 4.78 is 0. The van der Waals surface area contributed by atoms with Crippen molar-refractivity contribution in [1.29, 1.82) is 0 Å². The molecule has 1 atom stereocenters. The van der Waals surface area contributed by atoms with Crippen LogP contribution in [0.5, 0.6) is 0 Å². The van der Waals surface area contributed by atoms with E-state index in [0.717, 1.165) is 36.4 Å². The molecule has 128 valence electrons. The highest BCUT2D eigenvalue weighted by Gasteiger charge is 2.21. The first-order chi connectivity index (χ1) is 11.2. The van der Waals surface area contributed by atoms with E-state index in [2.05, 4.69) is 33.5 Å². The van der Waals surface area contributed by atoms with Crippen LogP contribution in [0, 0.1) is 5.92 Å². The summed E-state index contributed by atoms with van der Waals surface area (Å²) in [6.45, 7) is 7.77. The second-order valence-electron chi connectivity index (χ2n) is 6.22. The minimum Gasteiger partial charge on any atom is -0.356 e. The molecule has 1 unspecified atom stereocenters. The van der Waals surface area contributed by atoms with Gasteiger partial charge in [-0.05, 0) is 56.0 Å². The van der Waals surface area contributed by atoms with Gasteiger partial charge >= 0.3 is 0 Å². The standard InChI is InChI=1S/C18H29ClN4/c1-3-10-23-11-8-16(14-23)13-22-18(20-2)21-9-7-15-5-4-6-17(19)12-15/h4-6,12,16H,3,7-11,13-14H2,1-2H3,(H2,20,21,22). The first-order valence-electron chi connectivity index (χ1n) is 8.62. The highest BCUT2D eigenvalue weighted by molar-refractivity contribution is 6.30. The second-order valence-corrected chi connectivity index (χ2v) is 6.65. The molecule has 0 spiro atoms. The Labute approximate surface area is 145 Å². The number of hydrogen-bond donors (Lipinski definition) is 2. The van der Waals surface area contributed by atoms with Crippen LogP contribution in [0.15, 0.2) is 29.3 Å². The van der Waals surface area contributed by atoms with Gasteiger partial charge in [-0.25, -0.2) is 0 Å². The van der Waals surface area contributed by atoms with Gasteiger partial charge in [0.25, 0.3) is 0 Å². The summed E-state index contributed by atoms with van der Waals surface area (Å²) in [4.78, 5) is 6.87. The molecule has 2 N–H and O–H groups in total. The molecule has 0 amide bonds. The number of nitrogens with one attached hydrogen (secondary N) is 2. The summed E-state index contributed by atoms with van der Waals surface area (Å²) in [6, 6.07) is 8.01. The monoisotopic (exact) mass is 336 g/mol. The lowest BCUT2D eigenvalue weighted by atomic mass is 10.1. The van der Waals surface area contributed by atoms with Crippen molar-refractivity contribution in [1.82, 2.24) is 15.5 Å². The van der Waals surface area contributed by atoms with Crippen LogP contribution in [-0.2, 0) is 6.42 Å². The Morgan fingerprint density at radius 2 is 2.26 bits per heavy atom. The van der Waals surface area contributed by atoms with Crippen molar-refractivity contribution in [3.8, 4) is 0 Å². The van der Waals surface area contributed by atoms with E-state index in [1.54, 1.807) is 0 Å². The molecule has 23 heavy (non-hydrogen) atoms. The van der Waals surface area contributed by atoms with Gasteiger partial charge in [-0.1, -0.05) is 30.7 Å². The van der Waals surface area contributed by atoms with E-state index in [-0.39, 0.29) is 0 Å². The van der Waals surface area contributed by atoms with Gasteiger partial charge in [0.1, 0.15) is 0 Å². The average Bonchev–Trinajstić information content (AvgIpc) is 2.99. The third kappa shape index (κ3) is 6.40. The first kappa shape index (κ1) is 18.1. The van der Waals surface area contributed by atoms with Gasteiger partial charge < -0.3 is 15.5 Å². The van der Waals surface area contributed by atoms with Gasteiger partial charge in [0.05, 0.1) is 0 Å². The van der Waals surface area contributed by atoms with Gasteiger partial charge in [0, 0.05) is 31.7 Å². The Kier molecular flexibility index (Phi) is 7.69. The lowest BCUT2D eigenvalue weighted by Gasteiger charge is -2.17. The molecule has 0 bridgehead atoms. The Morgan fingerprint density at radius 1 is 1.39 bits per heavy atom. The fraction of sp³-hybridized carbons (Fsp3) is 0.611. The molecule has 1 heterocycles. The van der Waals surface area contributed by atoms with E-state index in [4.69, 9.17) is 11.6 Å². The zero-order valence-electron chi connectivity index (χ0n) is 14.3. The van der Waals surface area contributed by atoms with E-state index < -0.39 is 0 Å². The number of hydrogen-bond acceptors (Lipinski definition) is 2. The van der Waals surface area contributed by atoms with Crippen LogP contribution in [-0.4, -0.2) is 50.6 Å². The SMILES string of the molecule is CCCN1CCC(CNC(=NC)NCCc2cccc(Cl)c2)C1. The number of halogens is 1. The molecular formula is C18H29ClN4. The third-order valence-electron chi connectivity index (χ3n) is 4.29. The van der Waals surface area contributed by atoms with Crippen molar-refractivity contribution in [2.45, 2.75) is 26.2 Å². The lowest BCUT2D eigenvalue weighted by Crippen LogP contribution is -2.41. The quantitative estimate of drug-likeness (QED) is 0.594. The smallest absolute Gasteiger partial charge is 0.190 e. The molecule has 0 saturated carbocycles. The zero-order valence-corrected chi connectivity index (χ0v) is 15.1. The maximum absolute atomic E-state index is 6.01. The van der Waals surface area contributed by atoms with E-state index in [1.807, 2.05) is 25.2 Å². The van der Waals surface area contributed by atoms with Crippen molar-refractivity contribution >= 4 is 17.6 Å². The fourth-order valence-corrected chi connectivity index (χ4v) is 3.29. The number of likely N-dealkylation sites (tertiary alicyclic amines) is 1. The molecule has 1 aromatic carbocycles. The van der Waals surface area contributed by atoms with Gasteiger partial charge in [-0.3, -0.25) is 4.99 Å². The average molecular weight is 337 g/mol. The maximum Gasteiger partial charge on any atom is 0.190 e. The van der Waals surface area contributed by atoms with E-state index in [0.29, 0.717) is 0 Å². The van der Waals surface area contributed by atoms with Gasteiger partial charge in [0.2, 0.25) is 0 Å². The first-order valence-corrected chi connectivity index (χ1v) is 9.00. The van der Waals surface area contributed by atoms with Crippen LogP contribution in [0.4, 0.5) is 0 Å². The summed E-state index contributed by atoms with van der Waals surface area (Å²) >= 11 is 6.01. The topological polar surface area (TPSA) is 39.7 Å². The normalized spacial score (nSPS) is 19.1. The largest absolute Gasteiger partial charge is 0.356 e. The summed E-state index contributed by atoms with van der Waals surface area (Å²) in [6.07, 6.45) is 3.47. The van der Waals surface area contributed by atoms with Gasteiger partial charge in [-0.2, -0.15) is 0 Å². The van der Waals surface area contributed by atoms with Crippen molar-refractivity contribution in [2.24, 2.45) is 10.9 Å². The van der Waals surface area contributed by atoms with Crippen LogP contribution < -0.4 is 10.6 Å². The Morgan fingerprint density at radius 3 is 3.00 bits per heavy atom. The molecule has 1 saturated heterocycles. The molecule has 1 aliphatic rings. The third-order valence-corrected chi connectivity index (χ3v) is 4.52. The number of rotatable bonds is 7. The maximum atomic E-state index is 6.01. The molecule has 0 aromatic heterocycles. The molecule has 0 radical (unpaired) electrons. The van der Waals surface area contributed by atoms with Crippen molar-refractivity contribution in [3.63, 3.8) is 0 Å². The van der Waals surface area contributed by atoms with Crippen LogP contribution in [0.3, 0.4) is 0 Å². The Balaban J connectivity index is 1.66.